The lowest BCUT2D eigenvalue weighted by molar-refractivity contribution is -0.136. The molecular weight excluding hydrogens is 402 g/mol. The lowest BCUT2D eigenvalue weighted by atomic mass is 9.88. The van der Waals surface area contributed by atoms with Gasteiger partial charge < -0.3 is 14.7 Å². The Morgan fingerprint density at radius 1 is 1.03 bits per heavy atom. The van der Waals surface area contributed by atoms with Gasteiger partial charge in [0.1, 0.15) is 5.75 Å². The van der Waals surface area contributed by atoms with Crippen LogP contribution in [0.4, 0.5) is 5.69 Å². The molecule has 0 spiro atoms. The van der Waals surface area contributed by atoms with E-state index in [2.05, 4.69) is 0 Å². The van der Waals surface area contributed by atoms with Crippen molar-refractivity contribution in [3.8, 4) is 5.75 Å². The number of fused-ring (bicyclic) bond motifs is 1. The molecule has 30 heavy (non-hydrogen) atoms. The van der Waals surface area contributed by atoms with Gasteiger partial charge in [-0.1, -0.05) is 54.1 Å². The smallest absolute Gasteiger partial charge is 0.264 e. The molecule has 1 unspecified atom stereocenters. The van der Waals surface area contributed by atoms with E-state index in [1.807, 2.05) is 12.1 Å². The molecule has 0 fully saturated rings. The quantitative estimate of drug-likeness (QED) is 0.601. The molecule has 0 bridgehead atoms. The third-order valence-corrected chi connectivity index (χ3v) is 5.57. The van der Waals surface area contributed by atoms with E-state index in [-0.39, 0.29) is 18.7 Å². The number of rotatable bonds is 6. The molecule has 3 aromatic carbocycles. The van der Waals surface area contributed by atoms with E-state index < -0.39 is 11.5 Å². The van der Waals surface area contributed by atoms with Gasteiger partial charge >= 0.3 is 0 Å². The molecule has 0 aromatic heterocycles. The van der Waals surface area contributed by atoms with E-state index in [1.54, 1.807) is 60.7 Å². The number of ether oxygens (including phenoxy) is 1. The third kappa shape index (κ3) is 3.47. The molecule has 0 saturated heterocycles. The summed E-state index contributed by atoms with van der Waals surface area (Å²) in [5.74, 6) is -0.490. The predicted octanol–water partition coefficient (Wildman–Crippen LogP) is 4.36. The van der Waals surface area contributed by atoms with E-state index >= 15 is 0 Å². The van der Waals surface area contributed by atoms with Crippen molar-refractivity contribution < 1.29 is 19.4 Å². The zero-order valence-electron chi connectivity index (χ0n) is 16.3. The van der Waals surface area contributed by atoms with Crippen LogP contribution in [0.5, 0.6) is 5.75 Å². The van der Waals surface area contributed by atoms with Gasteiger partial charge in [0.05, 0.1) is 31.3 Å². The highest BCUT2D eigenvalue weighted by molar-refractivity contribution is 6.30. The fourth-order valence-electron chi connectivity index (χ4n) is 3.81. The number of Topliss-reactive ketones (excluding diaryl/α,β-unsaturated/α-hetero) is 1. The van der Waals surface area contributed by atoms with Gasteiger partial charge in [-0.2, -0.15) is 0 Å². The van der Waals surface area contributed by atoms with Gasteiger partial charge in [-0.15, -0.1) is 0 Å². The number of amides is 1. The average molecular weight is 422 g/mol. The molecule has 1 amide bonds. The molecule has 0 aliphatic carbocycles. The van der Waals surface area contributed by atoms with E-state index in [4.69, 9.17) is 16.3 Å². The Bertz CT molecular complexity index is 1110. The van der Waals surface area contributed by atoms with Crippen LogP contribution in [0.2, 0.25) is 5.02 Å². The van der Waals surface area contributed by atoms with Gasteiger partial charge in [0, 0.05) is 10.6 Å². The van der Waals surface area contributed by atoms with Crippen LogP contribution < -0.4 is 9.64 Å². The monoisotopic (exact) mass is 421 g/mol. The lowest BCUT2D eigenvalue weighted by Crippen LogP contribution is -2.41. The highest BCUT2D eigenvalue weighted by atomic mass is 35.5. The second-order valence-electron chi connectivity index (χ2n) is 7.20. The van der Waals surface area contributed by atoms with Gasteiger partial charge in [0.2, 0.25) is 0 Å². The SMILES string of the molecule is COc1ccccc1C(=O)CC1(O)C(=O)N(Cc2ccc(Cl)cc2)c2ccccc21. The zero-order valence-corrected chi connectivity index (χ0v) is 17.1. The summed E-state index contributed by atoms with van der Waals surface area (Å²) < 4.78 is 5.26. The molecule has 1 atom stereocenters. The van der Waals surface area contributed by atoms with Gasteiger partial charge in [0.15, 0.2) is 11.4 Å². The van der Waals surface area contributed by atoms with Crippen molar-refractivity contribution >= 4 is 29.0 Å². The minimum Gasteiger partial charge on any atom is -0.496 e. The molecular formula is C24H20ClNO4. The third-order valence-electron chi connectivity index (χ3n) is 5.32. The van der Waals surface area contributed by atoms with Crippen molar-refractivity contribution in [2.24, 2.45) is 0 Å². The van der Waals surface area contributed by atoms with E-state index in [0.717, 1.165) is 5.56 Å². The predicted molar refractivity (Wildman–Crippen MR) is 115 cm³/mol. The number of anilines is 1. The fraction of sp³-hybridized carbons (Fsp3) is 0.167. The summed E-state index contributed by atoms with van der Waals surface area (Å²) >= 11 is 5.96. The van der Waals surface area contributed by atoms with E-state index in [9.17, 15) is 14.7 Å². The van der Waals surface area contributed by atoms with Crippen molar-refractivity contribution in [1.82, 2.24) is 0 Å². The first-order valence-electron chi connectivity index (χ1n) is 9.48. The Kier molecular flexibility index (Phi) is 5.33. The largest absolute Gasteiger partial charge is 0.496 e. The van der Waals surface area contributed by atoms with Crippen LogP contribution in [0.25, 0.3) is 0 Å². The fourth-order valence-corrected chi connectivity index (χ4v) is 3.94. The average Bonchev–Trinajstić information content (AvgIpc) is 2.97. The van der Waals surface area contributed by atoms with Crippen LogP contribution in [-0.2, 0) is 16.9 Å². The number of aliphatic hydroxyl groups is 1. The molecule has 3 aromatic rings. The Morgan fingerprint density at radius 3 is 2.43 bits per heavy atom. The summed E-state index contributed by atoms with van der Waals surface area (Å²) in [6.45, 7) is 0.262. The first-order chi connectivity index (χ1) is 14.4. The number of carbonyl (C=O) groups is 2. The highest BCUT2D eigenvalue weighted by Crippen LogP contribution is 2.43. The normalized spacial score (nSPS) is 17.7. The number of hydrogen-bond acceptors (Lipinski definition) is 4. The summed E-state index contributed by atoms with van der Waals surface area (Å²) in [7, 11) is 1.48. The maximum atomic E-state index is 13.3. The maximum Gasteiger partial charge on any atom is 0.264 e. The number of ketones is 1. The molecule has 6 heteroatoms. The summed E-state index contributed by atoms with van der Waals surface area (Å²) in [5.41, 5.74) is 0.263. The maximum absolute atomic E-state index is 13.3. The minimum absolute atomic E-state index is 0.262. The first kappa shape index (κ1) is 20.1. The van der Waals surface area contributed by atoms with Gasteiger partial charge in [-0.05, 0) is 35.9 Å². The van der Waals surface area contributed by atoms with Crippen LogP contribution in [0.1, 0.15) is 27.9 Å². The molecule has 1 aliphatic heterocycles. The Morgan fingerprint density at radius 2 is 1.70 bits per heavy atom. The second-order valence-corrected chi connectivity index (χ2v) is 7.63. The number of methoxy groups -OCH3 is 1. The molecule has 4 rings (SSSR count). The molecule has 0 saturated carbocycles. The Labute approximate surface area is 179 Å². The number of nitrogens with zero attached hydrogens (tertiary/aromatic N) is 1. The van der Waals surface area contributed by atoms with E-state index in [0.29, 0.717) is 27.6 Å². The van der Waals surface area contributed by atoms with Crippen LogP contribution in [0.3, 0.4) is 0 Å². The van der Waals surface area contributed by atoms with E-state index in [1.165, 1.54) is 12.0 Å². The summed E-state index contributed by atoms with van der Waals surface area (Å²) in [5, 5.41) is 12.0. The topological polar surface area (TPSA) is 66.8 Å². The van der Waals surface area contributed by atoms with Crippen molar-refractivity contribution in [2.45, 2.75) is 18.6 Å². The minimum atomic E-state index is -1.94. The van der Waals surface area contributed by atoms with Gasteiger partial charge in [0.25, 0.3) is 5.91 Å². The Balaban J connectivity index is 1.68. The molecule has 152 valence electrons. The van der Waals surface area contributed by atoms with Crippen LogP contribution in [0.15, 0.2) is 72.8 Å². The molecule has 0 radical (unpaired) electrons. The summed E-state index contributed by atoms with van der Waals surface area (Å²) in [4.78, 5) is 27.9. The molecule has 5 nitrogen and oxygen atoms in total. The Hall–Kier alpha value is -3.15. The molecule has 1 N–H and O–H groups in total. The number of carbonyl (C=O) groups excluding carboxylic acids is 2. The number of benzene rings is 3. The van der Waals surface area contributed by atoms with Crippen LogP contribution in [-0.4, -0.2) is 23.9 Å². The standard InChI is InChI=1S/C24H20ClNO4/c1-30-22-9-5-2-6-18(22)21(27)14-24(29)19-7-3-4-8-20(19)26(23(24)28)15-16-10-12-17(25)13-11-16/h2-13,29H,14-15H2,1H3. The molecule has 1 aliphatic rings. The summed E-state index contributed by atoms with van der Waals surface area (Å²) in [6, 6.07) is 20.9. The summed E-state index contributed by atoms with van der Waals surface area (Å²) in [6.07, 6.45) is -0.375. The second kappa shape index (κ2) is 7.94. The number of para-hydroxylation sites is 2. The highest BCUT2D eigenvalue weighted by Gasteiger charge is 2.50. The number of halogens is 1. The lowest BCUT2D eigenvalue weighted by Gasteiger charge is -2.23. The van der Waals surface area contributed by atoms with Crippen LogP contribution in [0, 0.1) is 0 Å². The first-order valence-corrected chi connectivity index (χ1v) is 9.86. The van der Waals surface area contributed by atoms with Gasteiger partial charge in [-0.25, -0.2) is 0 Å². The van der Waals surface area contributed by atoms with Crippen LogP contribution >= 0.6 is 11.6 Å². The zero-order chi connectivity index (χ0) is 21.3. The van der Waals surface area contributed by atoms with Crippen molar-refractivity contribution in [3.63, 3.8) is 0 Å². The van der Waals surface area contributed by atoms with Crippen molar-refractivity contribution in [3.05, 3.63) is 94.5 Å². The van der Waals surface area contributed by atoms with Gasteiger partial charge in [-0.3, -0.25) is 9.59 Å². The van der Waals surface area contributed by atoms with Crippen molar-refractivity contribution in [2.75, 3.05) is 12.0 Å². The van der Waals surface area contributed by atoms with Crippen molar-refractivity contribution in [1.29, 1.82) is 0 Å². The molecule has 1 heterocycles. The number of hydrogen-bond donors (Lipinski definition) is 1.